The fourth-order valence-electron chi connectivity index (χ4n) is 5.42. The summed E-state index contributed by atoms with van der Waals surface area (Å²) in [5, 5.41) is 0.219. The van der Waals surface area contributed by atoms with E-state index in [-0.39, 0.29) is 35.1 Å². The van der Waals surface area contributed by atoms with Crippen molar-refractivity contribution in [1.29, 1.82) is 0 Å². The Morgan fingerprint density at radius 2 is 1.73 bits per heavy atom. The van der Waals surface area contributed by atoms with Gasteiger partial charge in [-0.05, 0) is 54.5 Å². The maximum Gasteiger partial charge on any atom is 0.338 e. The first-order chi connectivity index (χ1) is 23.3. The Morgan fingerprint density at radius 1 is 1.00 bits per heavy atom. The maximum atomic E-state index is 14.2. The summed E-state index contributed by atoms with van der Waals surface area (Å²) in [5.74, 6) is 0.215. The van der Waals surface area contributed by atoms with Crippen molar-refractivity contribution in [2.75, 3.05) is 20.8 Å². The average molecular weight is 685 g/mol. The van der Waals surface area contributed by atoms with Crippen LogP contribution < -0.4 is 29.1 Å². The summed E-state index contributed by atoms with van der Waals surface area (Å²) in [6, 6.07) is 25.3. The number of halogens is 2. The van der Waals surface area contributed by atoms with E-state index in [9.17, 15) is 14.0 Å². The van der Waals surface area contributed by atoms with Crippen LogP contribution in [0.25, 0.3) is 11.8 Å². The van der Waals surface area contributed by atoms with Gasteiger partial charge < -0.3 is 18.9 Å². The van der Waals surface area contributed by atoms with Crippen LogP contribution in [0.2, 0.25) is 5.02 Å². The zero-order chi connectivity index (χ0) is 33.8. The molecule has 0 unspecified atom stereocenters. The number of nitrogens with zero attached hydrogens (tertiary/aromatic N) is 2. The van der Waals surface area contributed by atoms with E-state index in [2.05, 4.69) is 0 Å². The molecule has 0 aliphatic carbocycles. The van der Waals surface area contributed by atoms with E-state index in [1.807, 2.05) is 42.5 Å². The highest BCUT2D eigenvalue weighted by Crippen LogP contribution is 2.38. The van der Waals surface area contributed by atoms with Crippen LogP contribution in [0.3, 0.4) is 0 Å². The van der Waals surface area contributed by atoms with Gasteiger partial charge in [-0.15, -0.1) is 0 Å². The monoisotopic (exact) mass is 684 g/mol. The first-order valence-corrected chi connectivity index (χ1v) is 16.2. The third-order valence-electron chi connectivity index (χ3n) is 7.68. The minimum absolute atomic E-state index is 0.0569. The summed E-state index contributed by atoms with van der Waals surface area (Å²) >= 11 is 7.82. The Kier molecular flexibility index (Phi) is 9.75. The zero-order valence-corrected chi connectivity index (χ0v) is 27.8. The van der Waals surface area contributed by atoms with E-state index < -0.39 is 17.8 Å². The molecule has 0 saturated heterocycles. The summed E-state index contributed by atoms with van der Waals surface area (Å²) in [7, 11) is 3.04. The van der Waals surface area contributed by atoms with E-state index in [1.54, 1.807) is 62.6 Å². The first kappa shape index (κ1) is 32.7. The normalized spacial score (nSPS) is 14.3. The molecular weight excluding hydrogens is 655 g/mol. The minimum atomic E-state index is -0.837. The average Bonchev–Trinajstić information content (AvgIpc) is 3.41. The molecule has 48 heavy (non-hydrogen) atoms. The van der Waals surface area contributed by atoms with Crippen molar-refractivity contribution in [1.82, 2.24) is 4.57 Å². The van der Waals surface area contributed by atoms with E-state index in [0.29, 0.717) is 48.8 Å². The van der Waals surface area contributed by atoms with Gasteiger partial charge in [0.1, 0.15) is 18.2 Å². The van der Waals surface area contributed by atoms with Gasteiger partial charge in [0.15, 0.2) is 16.3 Å². The summed E-state index contributed by atoms with van der Waals surface area (Å²) in [5.41, 5.74) is 2.62. The van der Waals surface area contributed by atoms with Crippen LogP contribution in [0.4, 0.5) is 4.39 Å². The number of esters is 1. The molecule has 11 heteroatoms. The van der Waals surface area contributed by atoms with Crippen molar-refractivity contribution < 1.29 is 28.1 Å². The predicted molar refractivity (Wildman–Crippen MR) is 183 cm³/mol. The van der Waals surface area contributed by atoms with Crippen LogP contribution in [0.5, 0.6) is 17.2 Å². The molecule has 6 rings (SSSR count). The van der Waals surface area contributed by atoms with Gasteiger partial charge in [-0.25, -0.2) is 14.2 Å². The number of ether oxygens (including phenoxy) is 4. The Hall–Kier alpha value is -5.19. The summed E-state index contributed by atoms with van der Waals surface area (Å²) < 4.78 is 38.4. The lowest BCUT2D eigenvalue weighted by Gasteiger charge is -2.26. The summed E-state index contributed by atoms with van der Waals surface area (Å²) in [6.45, 7) is 1.82. The number of fused-ring (bicyclic) bond motifs is 1. The van der Waals surface area contributed by atoms with E-state index in [0.717, 1.165) is 0 Å². The first-order valence-electron chi connectivity index (χ1n) is 15.0. The largest absolute Gasteiger partial charge is 0.497 e. The van der Waals surface area contributed by atoms with Crippen molar-refractivity contribution in [3.05, 3.63) is 149 Å². The number of carbonyl (C=O) groups excluding carboxylic acids is 1. The molecule has 2 heterocycles. The van der Waals surface area contributed by atoms with E-state index in [1.165, 1.54) is 29.1 Å². The lowest BCUT2D eigenvalue weighted by Crippen LogP contribution is -2.40. The number of methoxy groups -OCH3 is 2. The molecule has 0 amide bonds. The highest BCUT2D eigenvalue weighted by atomic mass is 35.5. The third kappa shape index (κ3) is 6.49. The van der Waals surface area contributed by atoms with Crippen molar-refractivity contribution in [3.8, 4) is 17.2 Å². The molecule has 1 atom stereocenters. The van der Waals surface area contributed by atoms with Crippen LogP contribution >= 0.6 is 22.9 Å². The number of carbonyl (C=O) groups is 1. The predicted octanol–water partition coefficient (Wildman–Crippen LogP) is 6.32. The summed E-state index contributed by atoms with van der Waals surface area (Å²) in [4.78, 5) is 33.2. The van der Waals surface area contributed by atoms with Crippen molar-refractivity contribution in [2.24, 2.45) is 4.99 Å². The number of hydrogen-bond donors (Lipinski definition) is 0. The van der Waals surface area contributed by atoms with Crippen LogP contribution in [0.1, 0.15) is 35.2 Å². The van der Waals surface area contributed by atoms with Crippen molar-refractivity contribution in [3.63, 3.8) is 0 Å². The van der Waals surface area contributed by atoms with Crippen LogP contribution in [0, 0.1) is 5.82 Å². The zero-order valence-electron chi connectivity index (χ0n) is 26.2. The van der Waals surface area contributed by atoms with Gasteiger partial charge in [0, 0.05) is 11.1 Å². The Balaban J connectivity index is 1.50. The molecule has 1 aromatic heterocycles. The second kappa shape index (κ2) is 14.3. The topological polar surface area (TPSA) is 88.4 Å². The van der Waals surface area contributed by atoms with Gasteiger partial charge in [0.05, 0.1) is 47.7 Å². The highest BCUT2D eigenvalue weighted by molar-refractivity contribution is 7.07. The highest BCUT2D eigenvalue weighted by Gasteiger charge is 2.35. The van der Waals surface area contributed by atoms with Crippen molar-refractivity contribution in [2.45, 2.75) is 19.6 Å². The third-order valence-corrected chi connectivity index (χ3v) is 8.95. The molecule has 0 bridgehead atoms. The van der Waals surface area contributed by atoms with E-state index >= 15 is 0 Å². The second-order valence-electron chi connectivity index (χ2n) is 10.6. The number of rotatable bonds is 10. The molecular formula is C37H30ClFN2O6S. The van der Waals surface area contributed by atoms with Crippen LogP contribution in [-0.2, 0) is 16.1 Å². The smallest absolute Gasteiger partial charge is 0.338 e. The number of aromatic nitrogens is 1. The van der Waals surface area contributed by atoms with Crippen LogP contribution in [-0.4, -0.2) is 31.4 Å². The van der Waals surface area contributed by atoms with Gasteiger partial charge >= 0.3 is 5.97 Å². The molecule has 4 aromatic carbocycles. The molecule has 244 valence electrons. The van der Waals surface area contributed by atoms with Gasteiger partial charge in [-0.1, -0.05) is 83.6 Å². The SMILES string of the molecule is CCOC(=O)C1=C(c2ccccc2)N=c2s/c(=C\c3cc(Cl)c(OCc4ccccc4F)c(OC)c3)c(=O)n2[C@@H]1c1ccc(OC)cc1. The van der Waals surface area contributed by atoms with Gasteiger partial charge in [0.2, 0.25) is 0 Å². The molecule has 0 N–H and O–H groups in total. The minimum Gasteiger partial charge on any atom is -0.497 e. The van der Waals surface area contributed by atoms with E-state index in [4.69, 9.17) is 35.5 Å². The maximum absolute atomic E-state index is 14.2. The number of benzene rings is 4. The number of hydrogen-bond acceptors (Lipinski definition) is 8. The Labute approximate surface area is 284 Å². The lowest BCUT2D eigenvalue weighted by atomic mass is 9.93. The molecule has 0 radical (unpaired) electrons. The molecule has 0 fully saturated rings. The molecule has 8 nitrogen and oxygen atoms in total. The fourth-order valence-corrected chi connectivity index (χ4v) is 6.70. The van der Waals surface area contributed by atoms with Gasteiger partial charge in [-0.3, -0.25) is 9.36 Å². The van der Waals surface area contributed by atoms with Crippen molar-refractivity contribution >= 4 is 40.7 Å². The quantitative estimate of drug-likeness (QED) is 0.160. The molecule has 5 aromatic rings. The molecule has 1 aliphatic rings. The lowest BCUT2D eigenvalue weighted by molar-refractivity contribution is -0.138. The van der Waals surface area contributed by atoms with Gasteiger partial charge in [0.25, 0.3) is 5.56 Å². The molecule has 1 aliphatic heterocycles. The molecule has 0 saturated carbocycles. The van der Waals surface area contributed by atoms with Gasteiger partial charge in [-0.2, -0.15) is 0 Å². The Bertz CT molecular complexity index is 2200. The van der Waals surface area contributed by atoms with Crippen LogP contribution in [0.15, 0.2) is 106 Å². The fraction of sp³-hybridized carbons (Fsp3) is 0.162. The second-order valence-corrected chi connectivity index (χ2v) is 12.0. The molecule has 0 spiro atoms. The summed E-state index contributed by atoms with van der Waals surface area (Å²) in [6.07, 6.45) is 1.68. The standard InChI is InChI=1S/C37H30ClFN2O6S/c1-4-46-36(43)31-32(23-10-6-5-7-11-23)40-37-41(33(31)24-14-16-26(44-2)17-15-24)35(42)30(48-37)20-22-18-27(38)34(29(19-22)45-3)47-21-25-12-8-9-13-28(25)39/h5-20,33H,4,21H2,1-3H3/b30-20-/t33-/m1/s1. The number of thiazole rings is 1. The Morgan fingerprint density at radius 3 is 2.42 bits per heavy atom.